The molecule has 2 aromatic rings. The maximum absolute atomic E-state index is 4.25. The normalized spacial score (nSPS) is 10.8. The van der Waals surface area contributed by atoms with Gasteiger partial charge in [-0.1, -0.05) is 28.1 Å². The number of nitrogens with one attached hydrogen (secondary N) is 1. The Morgan fingerprint density at radius 3 is 2.76 bits per heavy atom. The van der Waals surface area contributed by atoms with Crippen molar-refractivity contribution in [3.63, 3.8) is 0 Å². The molecule has 0 fully saturated rings. The van der Waals surface area contributed by atoms with Crippen molar-refractivity contribution in [2.45, 2.75) is 13.1 Å². The zero-order valence-electron chi connectivity index (χ0n) is 9.45. The van der Waals surface area contributed by atoms with Gasteiger partial charge in [0.05, 0.1) is 17.2 Å². The highest BCUT2D eigenvalue weighted by Crippen LogP contribution is 2.20. The number of aromatic nitrogens is 2. The largest absolute Gasteiger partial charge is 0.316 e. The molecular formula is C12H13Br2N3. The topological polar surface area (TPSA) is 29.9 Å². The van der Waals surface area contributed by atoms with Crippen LogP contribution in [0.15, 0.2) is 39.5 Å². The van der Waals surface area contributed by atoms with E-state index in [9.17, 15) is 0 Å². The van der Waals surface area contributed by atoms with Crippen LogP contribution < -0.4 is 5.32 Å². The van der Waals surface area contributed by atoms with E-state index in [2.05, 4.69) is 60.5 Å². The summed E-state index contributed by atoms with van der Waals surface area (Å²) < 4.78 is 4.03. The summed E-state index contributed by atoms with van der Waals surface area (Å²) in [6, 6.07) is 6.41. The standard InChI is InChI=1S/C12H13Br2N3/c1-15-5-9-2-3-10(12(14)4-9)7-17-8-11(13)6-16-17/h2-4,6,8,15H,5,7H2,1H3. The van der Waals surface area contributed by atoms with Gasteiger partial charge in [-0.25, -0.2) is 0 Å². The molecule has 3 nitrogen and oxygen atoms in total. The molecule has 0 saturated heterocycles. The van der Waals surface area contributed by atoms with Crippen LogP contribution in [0.3, 0.4) is 0 Å². The second-order valence-corrected chi connectivity index (χ2v) is 5.58. The van der Waals surface area contributed by atoms with Gasteiger partial charge in [-0.2, -0.15) is 5.10 Å². The van der Waals surface area contributed by atoms with Crippen molar-refractivity contribution in [1.29, 1.82) is 0 Å². The van der Waals surface area contributed by atoms with Crippen LogP contribution in [0.5, 0.6) is 0 Å². The minimum absolute atomic E-state index is 0.770. The minimum atomic E-state index is 0.770. The molecule has 1 heterocycles. The van der Waals surface area contributed by atoms with E-state index in [1.54, 1.807) is 6.20 Å². The molecular weight excluding hydrogens is 346 g/mol. The van der Waals surface area contributed by atoms with Crippen LogP contribution in [0, 0.1) is 0 Å². The minimum Gasteiger partial charge on any atom is -0.316 e. The van der Waals surface area contributed by atoms with E-state index in [1.165, 1.54) is 11.1 Å². The van der Waals surface area contributed by atoms with E-state index in [-0.39, 0.29) is 0 Å². The number of benzene rings is 1. The lowest BCUT2D eigenvalue weighted by Gasteiger charge is -2.07. The Balaban J connectivity index is 2.16. The summed E-state index contributed by atoms with van der Waals surface area (Å²) in [7, 11) is 1.95. The quantitative estimate of drug-likeness (QED) is 0.909. The Labute approximate surface area is 117 Å². The van der Waals surface area contributed by atoms with E-state index in [0.717, 1.165) is 22.0 Å². The molecule has 0 aliphatic carbocycles. The number of hydrogen-bond donors (Lipinski definition) is 1. The SMILES string of the molecule is CNCc1ccc(Cn2cc(Br)cn2)c(Br)c1. The van der Waals surface area contributed by atoms with Gasteiger partial charge in [0.15, 0.2) is 0 Å². The first-order valence-electron chi connectivity index (χ1n) is 5.29. The van der Waals surface area contributed by atoms with E-state index in [0.29, 0.717) is 0 Å². The monoisotopic (exact) mass is 357 g/mol. The predicted octanol–water partition coefficient (Wildman–Crippen LogP) is 3.18. The number of hydrogen-bond acceptors (Lipinski definition) is 2. The molecule has 5 heteroatoms. The molecule has 1 N–H and O–H groups in total. The second kappa shape index (κ2) is 5.80. The lowest BCUT2D eigenvalue weighted by molar-refractivity contribution is 0.684. The Morgan fingerprint density at radius 2 is 2.18 bits per heavy atom. The molecule has 1 aromatic heterocycles. The molecule has 0 amide bonds. The highest BCUT2D eigenvalue weighted by atomic mass is 79.9. The molecule has 90 valence electrons. The summed E-state index contributed by atoms with van der Waals surface area (Å²) >= 11 is 6.99. The third kappa shape index (κ3) is 3.40. The van der Waals surface area contributed by atoms with Crippen molar-refractivity contribution in [2.75, 3.05) is 7.05 Å². The average Bonchev–Trinajstić information content (AvgIpc) is 2.69. The molecule has 0 unspecified atom stereocenters. The van der Waals surface area contributed by atoms with Crippen LogP contribution in [0.2, 0.25) is 0 Å². The van der Waals surface area contributed by atoms with Gasteiger partial charge in [0.1, 0.15) is 0 Å². The highest BCUT2D eigenvalue weighted by molar-refractivity contribution is 9.10. The smallest absolute Gasteiger partial charge is 0.0670 e. The van der Waals surface area contributed by atoms with E-state index < -0.39 is 0 Å². The van der Waals surface area contributed by atoms with Crippen LogP contribution in [0.25, 0.3) is 0 Å². The summed E-state index contributed by atoms with van der Waals surface area (Å²) in [6.07, 6.45) is 3.76. The average molecular weight is 359 g/mol. The van der Waals surface area contributed by atoms with Gasteiger partial charge in [-0.05, 0) is 40.2 Å². The van der Waals surface area contributed by atoms with E-state index in [1.807, 2.05) is 17.9 Å². The first-order valence-corrected chi connectivity index (χ1v) is 6.87. The molecule has 1 aromatic carbocycles. The highest BCUT2D eigenvalue weighted by Gasteiger charge is 2.03. The predicted molar refractivity (Wildman–Crippen MR) is 75.9 cm³/mol. The van der Waals surface area contributed by atoms with Gasteiger partial charge in [0.2, 0.25) is 0 Å². The summed E-state index contributed by atoms with van der Waals surface area (Å²) in [4.78, 5) is 0. The van der Waals surface area contributed by atoms with Crippen molar-refractivity contribution in [3.05, 3.63) is 50.7 Å². The van der Waals surface area contributed by atoms with Crippen LogP contribution in [-0.4, -0.2) is 16.8 Å². The van der Waals surface area contributed by atoms with Crippen molar-refractivity contribution >= 4 is 31.9 Å². The second-order valence-electron chi connectivity index (χ2n) is 3.81. The fourth-order valence-electron chi connectivity index (χ4n) is 1.63. The molecule has 0 atom stereocenters. The van der Waals surface area contributed by atoms with Gasteiger partial charge in [0, 0.05) is 17.2 Å². The van der Waals surface area contributed by atoms with Gasteiger partial charge in [0.25, 0.3) is 0 Å². The van der Waals surface area contributed by atoms with Gasteiger partial charge in [-0.15, -0.1) is 0 Å². The maximum atomic E-state index is 4.25. The zero-order chi connectivity index (χ0) is 12.3. The summed E-state index contributed by atoms with van der Waals surface area (Å²) in [5.41, 5.74) is 2.49. The fourth-order valence-corrected chi connectivity index (χ4v) is 2.51. The van der Waals surface area contributed by atoms with E-state index in [4.69, 9.17) is 0 Å². The molecule has 0 aliphatic rings. The lowest BCUT2D eigenvalue weighted by atomic mass is 10.1. The lowest BCUT2D eigenvalue weighted by Crippen LogP contribution is -2.06. The molecule has 0 spiro atoms. The molecule has 2 rings (SSSR count). The van der Waals surface area contributed by atoms with Crippen LogP contribution in [0.4, 0.5) is 0 Å². The Kier molecular flexibility index (Phi) is 4.36. The van der Waals surface area contributed by atoms with Gasteiger partial charge >= 0.3 is 0 Å². The van der Waals surface area contributed by atoms with Gasteiger partial charge < -0.3 is 5.32 Å². The first kappa shape index (κ1) is 12.8. The summed E-state index contributed by atoms with van der Waals surface area (Å²) in [5, 5.41) is 7.39. The molecule has 0 aliphatic heterocycles. The van der Waals surface area contributed by atoms with Crippen molar-refractivity contribution in [3.8, 4) is 0 Å². The van der Waals surface area contributed by atoms with Crippen LogP contribution in [-0.2, 0) is 13.1 Å². The molecule has 0 saturated carbocycles. The maximum Gasteiger partial charge on any atom is 0.0670 e. The number of halogens is 2. The number of rotatable bonds is 4. The molecule has 17 heavy (non-hydrogen) atoms. The van der Waals surface area contributed by atoms with Crippen molar-refractivity contribution in [2.24, 2.45) is 0 Å². The Morgan fingerprint density at radius 1 is 1.35 bits per heavy atom. The van der Waals surface area contributed by atoms with Crippen LogP contribution >= 0.6 is 31.9 Å². The third-order valence-corrected chi connectivity index (χ3v) is 3.58. The fraction of sp³-hybridized carbons (Fsp3) is 0.250. The summed E-state index contributed by atoms with van der Waals surface area (Å²) in [5.74, 6) is 0. The third-order valence-electron chi connectivity index (χ3n) is 2.43. The zero-order valence-corrected chi connectivity index (χ0v) is 12.6. The number of nitrogens with zero attached hydrogens (tertiary/aromatic N) is 2. The van der Waals surface area contributed by atoms with Gasteiger partial charge in [-0.3, -0.25) is 4.68 Å². The van der Waals surface area contributed by atoms with E-state index >= 15 is 0 Å². The van der Waals surface area contributed by atoms with Crippen molar-refractivity contribution < 1.29 is 0 Å². The summed E-state index contributed by atoms with van der Waals surface area (Å²) in [6.45, 7) is 1.65. The Hall–Kier alpha value is -0.650. The first-order chi connectivity index (χ1) is 8.19. The van der Waals surface area contributed by atoms with Crippen LogP contribution in [0.1, 0.15) is 11.1 Å². The molecule has 0 bridgehead atoms. The molecule has 0 radical (unpaired) electrons. The Bertz CT molecular complexity index is 508. The van der Waals surface area contributed by atoms with Crippen molar-refractivity contribution in [1.82, 2.24) is 15.1 Å².